The van der Waals surface area contributed by atoms with Crippen molar-refractivity contribution >= 4 is 23.3 Å². The topological polar surface area (TPSA) is 62.5 Å². The smallest absolute Gasteiger partial charge is 0.223 e. The number of carbonyl (C=O) groups is 1. The second-order valence-electron chi connectivity index (χ2n) is 4.64. The number of carbonyl (C=O) groups excluding carboxylic acids is 1. The number of nitrogens with zero attached hydrogens (tertiary/aromatic N) is 4. The van der Waals surface area contributed by atoms with Crippen LogP contribution in [0, 0.1) is 0 Å². The van der Waals surface area contributed by atoms with Crippen molar-refractivity contribution in [1.82, 2.24) is 24.8 Å². The third kappa shape index (κ3) is 2.94. The number of hydrogen-bond donors (Lipinski definition) is 1. The van der Waals surface area contributed by atoms with Gasteiger partial charge in [0.15, 0.2) is 10.8 Å². The number of fused-ring (bicyclic) bond motifs is 1. The molecule has 1 N–H and O–H groups in total. The van der Waals surface area contributed by atoms with E-state index in [2.05, 4.69) is 15.5 Å². The molecule has 1 amide bonds. The lowest BCUT2D eigenvalue weighted by Crippen LogP contribution is -2.46. The van der Waals surface area contributed by atoms with Crippen LogP contribution in [0.4, 0.5) is 0 Å². The molecular formula is C13H17N5OS. The molecule has 0 bridgehead atoms. The van der Waals surface area contributed by atoms with Crippen LogP contribution in [0.15, 0.2) is 29.6 Å². The van der Waals surface area contributed by atoms with E-state index in [1.165, 1.54) is 0 Å². The summed E-state index contributed by atoms with van der Waals surface area (Å²) in [5.41, 5.74) is 0.837. The number of pyridine rings is 1. The second-order valence-corrected chi connectivity index (χ2v) is 5.70. The van der Waals surface area contributed by atoms with Crippen molar-refractivity contribution < 1.29 is 4.79 Å². The Morgan fingerprint density at radius 1 is 1.30 bits per heavy atom. The quantitative estimate of drug-likeness (QED) is 0.838. The highest BCUT2D eigenvalue weighted by Crippen LogP contribution is 2.17. The molecule has 0 saturated carbocycles. The number of piperazine rings is 1. The Kier molecular flexibility index (Phi) is 4.17. The first-order valence-electron chi connectivity index (χ1n) is 6.75. The Morgan fingerprint density at radius 3 is 3.00 bits per heavy atom. The first-order chi connectivity index (χ1) is 9.84. The summed E-state index contributed by atoms with van der Waals surface area (Å²) in [6, 6.07) is 5.81. The molecule has 3 rings (SSSR count). The Bertz CT molecular complexity index is 593. The fraction of sp³-hybridized carbons (Fsp3) is 0.462. The van der Waals surface area contributed by atoms with E-state index in [1.54, 1.807) is 11.8 Å². The summed E-state index contributed by atoms with van der Waals surface area (Å²) in [6.07, 6.45) is 2.49. The van der Waals surface area contributed by atoms with Crippen molar-refractivity contribution in [3.8, 4) is 0 Å². The molecule has 1 aliphatic rings. The van der Waals surface area contributed by atoms with Gasteiger partial charge in [-0.2, -0.15) is 0 Å². The summed E-state index contributed by atoms with van der Waals surface area (Å²) in [6.45, 7) is 3.43. The van der Waals surface area contributed by atoms with Crippen LogP contribution >= 0.6 is 11.8 Å². The highest BCUT2D eigenvalue weighted by molar-refractivity contribution is 7.99. The molecule has 0 unspecified atom stereocenters. The van der Waals surface area contributed by atoms with E-state index in [-0.39, 0.29) is 5.91 Å². The van der Waals surface area contributed by atoms with Crippen LogP contribution in [0.1, 0.15) is 6.42 Å². The molecule has 1 fully saturated rings. The lowest BCUT2D eigenvalue weighted by molar-refractivity contribution is -0.131. The molecule has 0 radical (unpaired) electrons. The first-order valence-corrected chi connectivity index (χ1v) is 7.74. The Labute approximate surface area is 121 Å². The van der Waals surface area contributed by atoms with Crippen molar-refractivity contribution in [2.24, 2.45) is 0 Å². The van der Waals surface area contributed by atoms with Crippen LogP contribution in [0.5, 0.6) is 0 Å². The van der Waals surface area contributed by atoms with Crippen molar-refractivity contribution in [1.29, 1.82) is 0 Å². The molecule has 6 nitrogen and oxygen atoms in total. The van der Waals surface area contributed by atoms with Gasteiger partial charge in [0, 0.05) is 44.5 Å². The zero-order chi connectivity index (χ0) is 13.8. The summed E-state index contributed by atoms with van der Waals surface area (Å²) >= 11 is 1.58. The summed E-state index contributed by atoms with van der Waals surface area (Å²) in [4.78, 5) is 14.0. The maximum absolute atomic E-state index is 12.0. The molecule has 20 heavy (non-hydrogen) atoms. The number of nitrogens with one attached hydrogen (secondary N) is 1. The number of thioether (sulfide) groups is 1. The lowest BCUT2D eigenvalue weighted by Gasteiger charge is -2.27. The summed E-state index contributed by atoms with van der Waals surface area (Å²) < 4.78 is 1.94. The molecule has 0 spiro atoms. The van der Waals surface area contributed by atoms with Crippen LogP contribution in [0.25, 0.3) is 5.65 Å². The highest BCUT2D eigenvalue weighted by Gasteiger charge is 2.16. The lowest BCUT2D eigenvalue weighted by atomic mass is 10.3. The second kappa shape index (κ2) is 6.23. The minimum atomic E-state index is 0.229. The maximum atomic E-state index is 12.0. The van der Waals surface area contributed by atoms with Crippen molar-refractivity contribution in [3.63, 3.8) is 0 Å². The van der Waals surface area contributed by atoms with Gasteiger partial charge >= 0.3 is 0 Å². The minimum absolute atomic E-state index is 0.229. The highest BCUT2D eigenvalue weighted by atomic mass is 32.2. The summed E-state index contributed by atoms with van der Waals surface area (Å²) in [5.74, 6) is 0.964. The van der Waals surface area contributed by atoms with Gasteiger partial charge in [-0.15, -0.1) is 10.2 Å². The van der Waals surface area contributed by atoms with Crippen molar-refractivity contribution in [2.75, 3.05) is 31.9 Å². The summed E-state index contributed by atoms with van der Waals surface area (Å²) in [7, 11) is 0. The molecular weight excluding hydrogens is 274 g/mol. The zero-order valence-electron chi connectivity index (χ0n) is 11.2. The van der Waals surface area contributed by atoms with Crippen molar-refractivity contribution in [2.45, 2.75) is 11.6 Å². The van der Waals surface area contributed by atoms with E-state index in [0.29, 0.717) is 6.42 Å². The predicted octanol–water partition coefficient (Wildman–Crippen LogP) is 0.643. The van der Waals surface area contributed by atoms with Gasteiger partial charge in [0.2, 0.25) is 5.91 Å². The molecule has 0 aromatic carbocycles. The maximum Gasteiger partial charge on any atom is 0.223 e. The minimum Gasteiger partial charge on any atom is -0.340 e. The average molecular weight is 291 g/mol. The molecule has 0 atom stereocenters. The number of aromatic nitrogens is 3. The Hall–Kier alpha value is -1.60. The molecule has 1 saturated heterocycles. The Balaban J connectivity index is 1.53. The van der Waals surface area contributed by atoms with Crippen molar-refractivity contribution in [3.05, 3.63) is 24.4 Å². The fourth-order valence-corrected chi connectivity index (χ4v) is 3.07. The van der Waals surface area contributed by atoms with E-state index in [9.17, 15) is 4.79 Å². The van der Waals surface area contributed by atoms with Gasteiger partial charge in [0.05, 0.1) is 0 Å². The molecule has 1 aliphatic heterocycles. The van der Waals surface area contributed by atoms with E-state index < -0.39 is 0 Å². The molecule has 2 aromatic rings. The van der Waals surface area contributed by atoms with Crippen LogP contribution in [-0.4, -0.2) is 57.3 Å². The summed E-state index contributed by atoms with van der Waals surface area (Å²) in [5, 5.41) is 12.3. The molecule has 2 aromatic heterocycles. The molecule has 3 heterocycles. The SMILES string of the molecule is O=C(CCSc1nnc2ccccn12)N1CCNCC1. The normalized spacial score (nSPS) is 15.7. The van der Waals surface area contributed by atoms with E-state index in [1.807, 2.05) is 33.7 Å². The van der Waals surface area contributed by atoms with E-state index >= 15 is 0 Å². The third-order valence-corrected chi connectivity index (χ3v) is 4.24. The predicted molar refractivity (Wildman–Crippen MR) is 77.8 cm³/mol. The van der Waals surface area contributed by atoms with Gasteiger partial charge < -0.3 is 10.2 Å². The van der Waals surface area contributed by atoms with E-state index in [4.69, 9.17) is 0 Å². The average Bonchev–Trinajstić information content (AvgIpc) is 2.92. The van der Waals surface area contributed by atoms with Gasteiger partial charge in [-0.05, 0) is 12.1 Å². The third-order valence-electron chi connectivity index (χ3n) is 3.30. The van der Waals surface area contributed by atoms with Gasteiger partial charge in [-0.25, -0.2) is 0 Å². The van der Waals surface area contributed by atoms with Gasteiger partial charge in [-0.1, -0.05) is 17.8 Å². The van der Waals surface area contributed by atoms with Gasteiger partial charge in [0.1, 0.15) is 0 Å². The van der Waals surface area contributed by atoms with Gasteiger partial charge in [-0.3, -0.25) is 9.20 Å². The number of rotatable bonds is 4. The van der Waals surface area contributed by atoms with Crippen LogP contribution in [-0.2, 0) is 4.79 Å². The molecule has 7 heteroatoms. The van der Waals surface area contributed by atoms with E-state index in [0.717, 1.165) is 42.7 Å². The van der Waals surface area contributed by atoms with Crippen LogP contribution in [0.3, 0.4) is 0 Å². The molecule has 106 valence electrons. The monoisotopic (exact) mass is 291 g/mol. The standard InChI is InChI=1S/C13H17N5OS/c19-12(17-8-5-14-6-9-17)4-10-20-13-16-15-11-3-1-2-7-18(11)13/h1-3,7,14H,4-6,8-10H2. The van der Waals surface area contributed by atoms with Crippen LogP contribution < -0.4 is 5.32 Å². The zero-order valence-corrected chi connectivity index (χ0v) is 12.0. The first kappa shape index (κ1) is 13.4. The largest absolute Gasteiger partial charge is 0.340 e. The van der Waals surface area contributed by atoms with Crippen LogP contribution in [0.2, 0.25) is 0 Å². The number of amides is 1. The Morgan fingerprint density at radius 2 is 2.15 bits per heavy atom. The fourth-order valence-electron chi connectivity index (χ4n) is 2.22. The number of hydrogen-bond acceptors (Lipinski definition) is 5. The van der Waals surface area contributed by atoms with Gasteiger partial charge in [0.25, 0.3) is 0 Å². The molecule has 0 aliphatic carbocycles.